The van der Waals surface area contributed by atoms with Gasteiger partial charge in [-0.15, -0.1) is 0 Å². The quantitative estimate of drug-likeness (QED) is 0.759. The predicted octanol–water partition coefficient (Wildman–Crippen LogP) is 3.97. The van der Waals surface area contributed by atoms with Crippen molar-refractivity contribution in [2.45, 2.75) is 6.54 Å². The van der Waals surface area contributed by atoms with Crippen LogP contribution in [0.3, 0.4) is 0 Å². The van der Waals surface area contributed by atoms with Gasteiger partial charge in [0.15, 0.2) is 0 Å². The Bertz CT molecular complexity index is 724. The van der Waals surface area contributed by atoms with E-state index in [0.717, 1.165) is 22.2 Å². The average molecular weight is 276 g/mol. The zero-order valence-corrected chi connectivity index (χ0v) is 10.7. The van der Waals surface area contributed by atoms with Crippen molar-refractivity contribution in [3.05, 3.63) is 59.0 Å². The molecule has 3 nitrogen and oxygen atoms in total. The van der Waals surface area contributed by atoms with Gasteiger partial charge in [-0.25, -0.2) is 4.39 Å². The molecule has 2 aromatic carbocycles. The second kappa shape index (κ2) is 4.90. The topological polar surface area (TPSA) is 40.7 Å². The lowest BCUT2D eigenvalue weighted by Crippen LogP contribution is -2.01. The summed E-state index contributed by atoms with van der Waals surface area (Å²) in [6.07, 6.45) is 1.77. The van der Waals surface area contributed by atoms with Crippen LogP contribution in [0.25, 0.3) is 10.9 Å². The molecule has 96 valence electrons. The fraction of sp³-hybridized carbons (Fsp3) is 0.0714. The summed E-state index contributed by atoms with van der Waals surface area (Å²) >= 11 is 5.99. The summed E-state index contributed by atoms with van der Waals surface area (Å²) in [6, 6.07) is 10.3. The van der Waals surface area contributed by atoms with Gasteiger partial charge in [0.2, 0.25) is 0 Å². The minimum Gasteiger partial charge on any atom is -0.379 e. The van der Waals surface area contributed by atoms with E-state index in [9.17, 15) is 4.39 Å². The Hall–Kier alpha value is -2.07. The Labute approximate surface area is 114 Å². The Kier molecular flexibility index (Phi) is 3.09. The van der Waals surface area contributed by atoms with Crippen LogP contribution in [0.1, 0.15) is 5.56 Å². The normalized spacial score (nSPS) is 10.8. The van der Waals surface area contributed by atoms with Crippen molar-refractivity contribution < 1.29 is 4.39 Å². The first-order valence-electron chi connectivity index (χ1n) is 5.84. The predicted molar refractivity (Wildman–Crippen MR) is 74.8 cm³/mol. The maximum Gasteiger partial charge on any atom is 0.124 e. The van der Waals surface area contributed by atoms with Crippen LogP contribution < -0.4 is 5.32 Å². The van der Waals surface area contributed by atoms with Crippen LogP contribution in [0.2, 0.25) is 5.02 Å². The van der Waals surface area contributed by atoms with Crippen molar-refractivity contribution in [3.8, 4) is 0 Å². The van der Waals surface area contributed by atoms with Gasteiger partial charge < -0.3 is 5.32 Å². The molecule has 3 aromatic rings. The maximum atomic E-state index is 13.0. The number of H-pyrrole nitrogens is 1. The van der Waals surface area contributed by atoms with Gasteiger partial charge in [0.25, 0.3) is 0 Å². The van der Waals surface area contributed by atoms with Crippen LogP contribution in [-0.2, 0) is 6.54 Å². The summed E-state index contributed by atoms with van der Waals surface area (Å²) in [5.74, 6) is -0.329. The molecule has 0 atom stereocenters. The average Bonchev–Trinajstić information content (AvgIpc) is 2.86. The van der Waals surface area contributed by atoms with Crippen LogP contribution in [0.4, 0.5) is 10.1 Å². The molecule has 19 heavy (non-hydrogen) atoms. The fourth-order valence-corrected chi connectivity index (χ4v) is 2.21. The molecular formula is C14H11ClFN3. The molecular weight excluding hydrogens is 265 g/mol. The maximum absolute atomic E-state index is 13.0. The number of para-hydroxylation sites is 1. The number of rotatable bonds is 3. The summed E-state index contributed by atoms with van der Waals surface area (Å²) in [7, 11) is 0. The Balaban J connectivity index is 1.84. The molecule has 0 spiro atoms. The highest BCUT2D eigenvalue weighted by Gasteiger charge is 2.05. The number of hydrogen-bond acceptors (Lipinski definition) is 2. The van der Waals surface area contributed by atoms with Gasteiger partial charge in [-0.1, -0.05) is 29.8 Å². The van der Waals surface area contributed by atoms with E-state index in [-0.39, 0.29) is 5.82 Å². The van der Waals surface area contributed by atoms with Crippen LogP contribution in [-0.4, -0.2) is 10.2 Å². The molecule has 0 aliphatic carbocycles. The Morgan fingerprint density at radius 3 is 3.00 bits per heavy atom. The molecule has 3 rings (SSSR count). The summed E-state index contributed by atoms with van der Waals surface area (Å²) in [5.41, 5.74) is 2.73. The van der Waals surface area contributed by atoms with Gasteiger partial charge in [0.1, 0.15) is 5.82 Å². The first kappa shape index (κ1) is 12.0. The minimum atomic E-state index is -0.329. The van der Waals surface area contributed by atoms with E-state index < -0.39 is 0 Å². The molecule has 0 unspecified atom stereocenters. The first-order valence-corrected chi connectivity index (χ1v) is 6.22. The largest absolute Gasteiger partial charge is 0.379 e. The lowest BCUT2D eigenvalue weighted by Gasteiger charge is -2.09. The molecule has 0 bridgehead atoms. The van der Waals surface area contributed by atoms with Crippen molar-refractivity contribution in [2.75, 3.05) is 5.32 Å². The second-order valence-corrected chi connectivity index (χ2v) is 4.64. The van der Waals surface area contributed by atoms with Gasteiger partial charge in [0.05, 0.1) is 17.4 Å². The molecule has 0 aliphatic rings. The third-order valence-electron chi connectivity index (χ3n) is 2.96. The van der Waals surface area contributed by atoms with Gasteiger partial charge in [-0.2, -0.15) is 5.10 Å². The Morgan fingerprint density at radius 1 is 1.26 bits per heavy atom. The van der Waals surface area contributed by atoms with Crippen molar-refractivity contribution in [1.82, 2.24) is 10.2 Å². The number of nitrogens with one attached hydrogen (secondary N) is 2. The van der Waals surface area contributed by atoms with E-state index in [2.05, 4.69) is 15.5 Å². The van der Waals surface area contributed by atoms with E-state index in [1.54, 1.807) is 12.3 Å². The van der Waals surface area contributed by atoms with E-state index in [1.807, 2.05) is 18.2 Å². The number of aromatic amines is 1. The third kappa shape index (κ3) is 2.39. The van der Waals surface area contributed by atoms with E-state index in [1.165, 1.54) is 12.1 Å². The van der Waals surface area contributed by atoms with Gasteiger partial charge in [0, 0.05) is 17.0 Å². The summed E-state index contributed by atoms with van der Waals surface area (Å²) < 4.78 is 13.0. The highest BCUT2D eigenvalue weighted by Crippen LogP contribution is 2.23. The van der Waals surface area contributed by atoms with Gasteiger partial charge in [-0.3, -0.25) is 5.10 Å². The molecule has 2 N–H and O–H groups in total. The molecule has 1 aromatic heterocycles. The SMILES string of the molecule is Fc1ccc(CNc2cccc3cn[nH]c23)c(Cl)c1. The zero-order chi connectivity index (χ0) is 13.2. The monoisotopic (exact) mass is 275 g/mol. The van der Waals surface area contributed by atoms with Crippen LogP contribution >= 0.6 is 11.6 Å². The molecule has 0 saturated heterocycles. The fourth-order valence-electron chi connectivity index (χ4n) is 1.97. The highest BCUT2D eigenvalue weighted by molar-refractivity contribution is 6.31. The highest BCUT2D eigenvalue weighted by atomic mass is 35.5. The van der Waals surface area contributed by atoms with E-state index in [4.69, 9.17) is 11.6 Å². The van der Waals surface area contributed by atoms with Crippen molar-refractivity contribution in [3.63, 3.8) is 0 Å². The van der Waals surface area contributed by atoms with Gasteiger partial charge in [-0.05, 0) is 23.8 Å². The van der Waals surface area contributed by atoms with E-state index in [0.29, 0.717) is 11.6 Å². The second-order valence-electron chi connectivity index (χ2n) is 4.23. The van der Waals surface area contributed by atoms with Crippen LogP contribution in [0.15, 0.2) is 42.6 Å². The molecule has 0 amide bonds. The summed E-state index contributed by atoms with van der Waals surface area (Å²) in [6.45, 7) is 0.525. The number of nitrogens with zero attached hydrogens (tertiary/aromatic N) is 1. The third-order valence-corrected chi connectivity index (χ3v) is 3.31. The lowest BCUT2D eigenvalue weighted by atomic mass is 10.2. The molecule has 0 saturated carbocycles. The van der Waals surface area contributed by atoms with Crippen molar-refractivity contribution in [2.24, 2.45) is 0 Å². The van der Waals surface area contributed by atoms with Crippen LogP contribution in [0, 0.1) is 5.82 Å². The number of hydrogen-bond donors (Lipinski definition) is 2. The van der Waals surface area contributed by atoms with Crippen molar-refractivity contribution >= 4 is 28.2 Å². The van der Waals surface area contributed by atoms with Gasteiger partial charge >= 0.3 is 0 Å². The standard InChI is InChI=1S/C14H11ClFN3/c15-12-6-11(16)5-4-9(12)7-17-13-3-1-2-10-8-18-19-14(10)13/h1-6,8,17H,7H2,(H,18,19). The summed E-state index contributed by atoms with van der Waals surface area (Å²) in [4.78, 5) is 0. The number of fused-ring (bicyclic) bond motifs is 1. The lowest BCUT2D eigenvalue weighted by molar-refractivity contribution is 0.627. The van der Waals surface area contributed by atoms with E-state index >= 15 is 0 Å². The molecule has 0 aliphatic heterocycles. The number of anilines is 1. The first-order chi connectivity index (χ1) is 9.24. The smallest absolute Gasteiger partial charge is 0.124 e. The number of benzene rings is 2. The number of halogens is 2. The molecule has 0 radical (unpaired) electrons. The summed E-state index contributed by atoms with van der Waals surface area (Å²) in [5, 5.41) is 11.7. The molecule has 0 fully saturated rings. The molecule has 5 heteroatoms. The Morgan fingerprint density at radius 2 is 2.16 bits per heavy atom. The molecule has 1 heterocycles. The minimum absolute atomic E-state index is 0.329. The number of aromatic nitrogens is 2. The zero-order valence-electron chi connectivity index (χ0n) is 9.95. The van der Waals surface area contributed by atoms with Crippen LogP contribution in [0.5, 0.6) is 0 Å². The van der Waals surface area contributed by atoms with Crippen molar-refractivity contribution in [1.29, 1.82) is 0 Å².